The smallest absolute Gasteiger partial charge is 0.0721 e. The maximum absolute atomic E-state index is 5.72. The maximum Gasteiger partial charge on any atom is 0.0721 e. The van der Waals surface area contributed by atoms with Gasteiger partial charge in [-0.15, -0.1) is 0 Å². The lowest BCUT2D eigenvalue weighted by molar-refractivity contribution is 0.107. The van der Waals surface area contributed by atoms with Crippen molar-refractivity contribution in [2.45, 2.75) is 19.6 Å². The van der Waals surface area contributed by atoms with Crippen molar-refractivity contribution in [2.75, 3.05) is 6.54 Å². The predicted octanol–water partition coefficient (Wildman–Crippen LogP) is 3.67. The van der Waals surface area contributed by atoms with Crippen LogP contribution in [0.3, 0.4) is 0 Å². The second-order valence-electron chi connectivity index (χ2n) is 4.48. The number of rotatable bonds is 6. The summed E-state index contributed by atoms with van der Waals surface area (Å²) in [6, 6.07) is 16.6. The summed E-state index contributed by atoms with van der Waals surface area (Å²) in [5.74, 6) is 0. The highest BCUT2D eigenvalue weighted by Gasteiger charge is 1.97. The lowest BCUT2D eigenvalue weighted by Crippen LogP contribution is -2.02. The first-order valence-corrected chi connectivity index (χ1v) is 7.17. The molecular formula is C16H18BrNO. The van der Waals surface area contributed by atoms with E-state index in [2.05, 4.69) is 52.3 Å². The number of ether oxygens (including phenoxy) is 1. The van der Waals surface area contributed by atoms with Crippen LogP contribution in [-0.4, -0.2) is 6.54 Å². The normalized spacial score (nSPS) is 10.6. The molecule has 0 amide bonds. The highest BCUT2D eigenvalue weighted by Crippen LogP contribution is 2.13. The van der Waals surface area contributed by atoms with Gasteiger partial charge >= 0.3 is 0 Å². The van der Waals surface area contributed by atoms with E-state index in [1.165, 1.54) is 16.7 Å². The van der Waals surface area contributed by atoms with Crippen molar-refractivity contribution >= 4 is 15.9 Å². The molecule has 0 aliphatic rings. The van der Waals surface area contributed by atoms with Crippen LogP contribution in [0.2, 0.25) is 0 Å². The van der Waals surface area contributed by atoms with Crippen LogP contribution < -0.4 is 5.73 Å². The Bertz CT molecular complexity index is 510. The first-order valence-electron chi connectivity index (χ1n) is 6.38. The summed E-state index contributed by atoms with van der Waals surface area (Å²) >= 11 is 3.46. The molecular weight excluding hydrogens is 302 g/mol. The Morgan fingerprint density at radius 2 is 1.58 bits per heavy atom. The van der Waals surface area contributed by atoms with Crippen LogP contribution >= 0.6 is 15.9 Å². The van der Waals surface area contributed by atoms with Crippen LogP contribution in [0.15, 0.2) is 53.0 Å². The quantitative estimate of drug-likeness (QED) is 0.881. The molecule has 0 aromatic heterocycles. The summed E-state index contributed by atoms with van der Waals surface area (Å²) in [6.45, 7) is 1.96. The highest BCUT2D eigenvalue weighted by molar-refractivity contribution is 9.10. The van der Waals surface area contributed by atoms with Gasteiger partial charge in [-0.3, -0.25) is 0 Å². The molecule has 0 saturated carbocycles. The van der Waals surface area contributed by atoms with E-state index in [-0.39, 0.29) is 0 Å². The minimum absolute atomic E-state index is 0.629. The van der Waals surface area contributed by atoms with Gasteiger partial charge in [-0.05, 0) is 41.8 Å². The largest absolute Gasteiger partial charge is 0.372 e. The monoisotopic (exact) mass is 319 g/mol. The van der Waals surface area contributed by atoms with Crippen molar-refractivity contribution in [3.63, 3.8) is 0 Å². The fourth-order valence-corrected chi connectivity index (χ4v) is 2.33. The molecule has 0 atom stereocenters. The maximum atomic E-state index is 5.72. The molecule has 0 unspecified atom stereocenters. The van der Waals surface area contributed by atoms with E-state index in [1.54, 1.807) is 0 Å². The lowest BCUT2D eigenvalue weighted by atomic mass is 10.1. The molecule has 0 aliphatic heterocycles. The third-order valence-corrected chi connectivity index (χ3v) is 3.38. The van der Waals surface area contributed by atoms with Crippen LogP contribution in [-0.2, 0) is 24.4 Å². The Morgan fingerprint density at radius 1 is 0.895 bits per heavy atom. The summed E-state index contributed by atoms with van der Waals surface area (Å²) in [4.78, 5) is 0. The molecule has 19 heavy (non-hydrogen) atoms. The topological polar surface area (TPSA) is 35.2 Å². The van der Waals surface area contributed by atoms with Gasteiger partial charge in [-0.1, -0.05) is 52.3 Å². The Kier molecular flexibility index (Phi) is 5.58. The average molecular weight is 320 g/mol. The van der Waals surface area contributed by atoms with E-state index in [4.69, 9.17) is 10.5 Å². The lowest BCUT2D eigenvalue weighted by Gasteiger charge is -2.06. The van der Waals surface area contributed by atoms with E-state index >= 15 is 0 Å². The first kappa shape index (κ1) is 14.3. The second-order valence-corrected chi connectivity index (χ2v) is 5.39. The first-order chi connectivity index (χ1) is 9.28. The van der Waals surface area contributed by atoms with Gasteiger partial charge in [0.05, 0.1) is 13.2 Å². The Morgan fingerprint density at radius 3 is 2.26 bits per heavy atom. The van der Waals surface area contributed by atoms with Crippen LogP contribution in [0.1, 0.15) is 16.7 Å². The molecule has 2 aromatic carbocycles. The third kappa shape index (κ3) is 4.78. The summed E-state index contributed by atoms with van der Waals surface area (Å²) in [6.07, 6.45) is 0.930. The van der Waals surface area contributed by atoms with Gasteiger partial charge in [0.25, 0.3) is 0 Å². The van der Waals surface area contributed by atoms with Crippen LogP contribution in [0.4, 0.5) is 0 Å². The Labute approximate surface area is 122 Å². The number of nitrogens with two attached hydrogens (primary N) is 1. The molecule has 0 heterocycles. The molecule has 2 aromatic rings. The standard InChI is InChI=1S/C16H18BrNO/c17-16-3-1-2-15(10-16)12-19-11-14-6-4-13(5-7-14)8-9-18/h1-7,10H,8-9,11-12,18H2. The number of hydrogen-bond donors (Lipinski definition) is 1. The molecule has 0 bridgehead atoms. The van der Waals surface area contributed by atoms with Gasteiger partial charge in [-0.2, -0.15) is 0 Å². The van der Waals surface area contributed by atoms with Crippen molar-refractivity contribution < 1.29 is 4.74 Å². The van der Waals surface area contributed by atoms with E-state index in [0.717, 1.165) is 10.9 Å². The zero-order chi connectivity index (χ0) is 13.5. The summed E-state index contributed by atoms with van der Waals surface area (Å²) < 4.78 is 6.80. The summed E-state index contributed by atoms with van der Waals surface area (Å²) in [5, 5.41) is 0. The van der Waals surface area contributed by atoms with Crippen molar-refractivity contribution in [1.82, 2.24) is 0 Å². The van der Waals surface area contributed by atoms with E-state index in [1.807, 2.05) is 12.1 Å². The van der Waals surface area contributed by atoms with Gasteiger partial charge in [0.1, 0.15) is 0 Å². The van der Waals surface area contributed by atoms with E-state index in [0.29, 0.717) is 19.8 Å². The molecule has 0 radical (unpaired) electrons. The number of hydrogen-bond acceptors (Lipinski definition) is 2. The van der Waals surface area contributed by atoms with Gasteiger partial charge < -0.3 is 10.5 Å². The molecule has 100 valence electrons. The fourth-order valence-electron chi connectivity index (χ4n) is 1.88. The molecule has 2 rings (SSSR count). The molecule has 0 aliphatic carbocycles. The molecule has 2 N–H and O–H groups in total. The van der Waals surface area contributed by atoms with E-state index in [9.17, 15) is 0 Å². The summed E-state index contributed by atoms with van der Waals surface area (Å²) in [7, 11) is 0. The van der Waals surface area contributed by atoms with Gasteiger partial charge in [-0.25, -0.2) is 0 Å². The second kappa shape index (κ2) is 7.43. The zero-order valence-electron chi connectivity index (χ0n) is 10.8. The van der Waals surface area contributed by atoms with E-state index < -0.39 is 0 Å². The highest BCUT2D eigenvalue weighted by atomic mass is 79.9. The minimum Gasteiger partial charge on any atom is -0.372 e. The Hall–Kier alpha value is -1.16. The fraction of sp³-hybridized carbons (Fsp3) is 0.250. The minimum atomic E-state index is 0.629. The van der Waals surface area contributed by atoms with Gasteiger partial charge in [0.2, 0.25) is 0 Å². The average Bonchev–Trinajstić information content (AvgIpc) is 2.41. The molecule has 0 saturated heterocycles. The molecule has 0 fully saturated rings. The summed E-state index contributed by atoms with van der Waals surface area (Å²) in [5.41, 5.74) is 9.17. The van der Waals surface area contributed by atoms with Crippen LogP contribution in [0.25, 0.3) is 0 Å². The van der Waals surface area contributed by atoms with Crippen molar-refractivity contribution in [3.05, 3.63) is 69.7 Å². The van der Waals surface area contributed by atoms with Crippen molar-refractivity contribution in [3.8, 4) is 0 Å². The predicted molar refractivity (Wildman–Crippen MR) is 81.8 cm³/mol. The third-order valence-electron chi connectivity index (χ3n) is 2.88. The number of halogens is 1. The van der Waals surface area contributed by atoms with Crippen LogP contribution in [0.5, 0.6) is 0 Å². The van der Waals surface area contributed by atoms with Crippen molar-refractivity contribution in [2.24, 2.45) is 5.73 Å². The van der Waals surface area contributed by atoms with Gasteiger partial charge in [0, 0.05) is 4.47 Å². The molecule has 0 spiro atoms. The molecule has 3 heteroatoms. The Balaban J connectivity index is 1.82. The van der Waals surface area contributed by atoms with Gasteiger partial charge in [0.15, 0.2) is 0 Å². The SMILES string of the molecule is NCCc1ccc(COCc2cccc(Br)c2)cc1. The van der Waals surface area contributed by atoms with Crippen molar-refractivity contribution in [1.29, 1.82) is 0 Å². The van der Waals surface area contributed by atoms with Crippen LogP contribution in [0, 0.1) is 0 Å². The number of benzene rings is 2. The zero-order valence-corrected chi connectivity index (χ0v) is 12.4. The molecule has 2 nitrogen and oxygen atoms in total.